The van der Waals surface area contributed by atoms with Gasteiger partial charge in [-0.1, -0.05) is 6.92 Å². The monoisotopic (exact) mass is 256 g/mol. The van der Waals surface area contributed by atoms with Gasteiger partial charge in [-0.3, -0.25) is 0 Å². The van der Waals surface area contributed by atoms with E-state index in [1.165, 1.54) is 12.4 Å². The van der Waals surface area contributed by atoms with Crippen LogP contribution in [0, 0.1) is 0 Å². The number of nitrogens with one attached hydrogen (secondary N) is 1. The van der Waals surface area contributed by atoms with Gasteiger partial charge in [-0.25, -0.2) is 14.6 Å². The fourth-order valence-corrected chi connectivity index (χ4v) is 1.29. The molecule has 0 aromatic carbocycles. The fraction of sp³-hybridized carbons (Fsp3) is 0.545. The van der Waals surface area contributed by atoms with Crippen LogP contribution >= 0.6 is 0 Å². The third-order valence-electron chi connectivity index (χ3n) is 2.32. The zero-order chi connectivity index (χ0) is 13.4. The van der Waals surface area contributed by atoms with E-state index in [4.69, 9.17) is 9.47 Å². The minimum atomic E-state index is -1.04. The van der Waals surface area contributed by atoms with Crippen molar-refractivity contribution in [3.8, 4) is 0 Å². The summed E-state index contributed by atoms with van der Waals surface area (Å²) in [4.78, 5) is 28.6. The lowest BCUT2D eigenvalue weighted by atomic mass is 10.2. The fourth-order valence-electron chi connectivity index (χ4n) is 1.29. The molecule has 7 nitrogen and oxygen atoms in total. The summed E-state index contributed by atoms with van der Waals surface area (Å²) in [6.45, 7) is 2.10. The number of hydrogen-bond acceptors (Lipinski definition) is 6. The molecule has 1 atom stereocenters. The zero-order valence-corrected chi connectivity index (χ0v) is 10.3. The van der Waals surface area contributed by atoms with Crippen molar-refractivity contribution in [2.24, 2.45) is 0 Å². The molecular formula is C11H16N2O5. The summed E-state index contributed by atoms with van der Waals surface area (Å²) in [6, 6.07) is 0. The second kappa shape index (κ2) is 7.44. The van der Waals surface area contributed by atoms with E-state index < -0.39 is 12.1 Å². The Morgan fingerprint density at radius 3 is 2.83 bits per heavy atom. The number of aromatic nitrogens is 2. The van der Waals surface area contributed by atoms with Crippen LogP contribution in [0.25, 0.3) is 0 Å². The van der Waals surface area contributed by atoms with Gasteiger partial charge in [-0.15, -0.1) is 0 Å². The predicted octanol–water partition coefficient (Wildman–Crippen LogP) is 1.52. The van der Waals surface area contributed by atoms with Crippen LogP contribution in [0.1, 0.15) is 30.4 Å². The Kier molecular flexibility index (Phi) is 5.86. The molecular weight excluding hydrogens is 240 g/mol. The van der Waals surface area contributed by atoms with Crippen LogP contribution in [0.3, 0.4) is 0 Å². The Balaban J connectivity index is 2.24. The highest BCUT2D eigenvalue weighted by atomic mass is 16.7. The van der Waals surface area contributed by atoms with E-state index in [9.17, 15) is 9.59 Å². The van der Waals surface area contributed by atoms with Gasteiger partial charge in [0.1, 0.15) is 0 Å². The molecule has 1 N–H and O–H groups in total. The van der Waals surface area contributed by atoms with Gasteiger partial charge in [0.05, 0.1) is 12.7 Å². The minimum Gasteiger partial charge on any atom is -0.434 e. The smallest absolute Gasteiger partial charge is 0.434 e. The average Bonchev–Trinajstić information content (AvgIpc) is 2.88. The van der Waals surface area contributed by atoms with Crippen LogP contribution in [0.4, 0.5) is 4.79 Å². The van der Waals surface area contributed by atoms with Gasteiger partial charge in [0.25, 0.3) is 0 Å². The highest BCUT2D eigenvalue weighted by Crippen LogP contribution is 2.03. The number of carbonyl (C=O) groups is 2. The molecule has 18 heavy (non-hydrogen) atoms. The summed E-state index contributed by atoms with van der Waals surface area (Å²) >= 11 is 0. The number of H-pyrrole nitrogens is 1. The van der Waals surface area contributed by atoms with Crippen molar-refractivity contribution >= 4 is 12.1 Å². The van der Waals surface area contributed by atoms with Gasteiger partial charge in [0, 0.05) is 25.9 Å². The number of esters is 1. The first kappa shape index (κ1) is 14.2. The zero-order valence-electron chi connectivity index (χ0n) is 10.3. The van der Waals surface area contributed by atoms with E-state index in [2.05, 4.69) is 14.7 Å². The van der Waals surface area contributed by atoms with Gasteiger partial charge in [-0.2, -0.15) is 0 Å². The molecule has 0 aliphatic heterocycles. The molecule has 0 bridgehead atoms. The Labute approximate surface area is 104 Å². The second-order valence-electron chi connectivity index (χ2n) is 3.48. The number of ether oxygens (including phenoxy) is 3. The van der Waals surface area contributed by atoms with Crippen LogP contribution < -0.4 is 0 Å². The number of nitrogens with zero attached hydrogens (tertiary/aromatic N) is 1. The first-order valence-electron chi connectivity index (χ1n) is 5.58. The van der Waals surface area contributed by atoms with Gasteiger partial charge < -0.3 is 19.2 Å². The first-order valence-corrected chi connectivity index (χ1v) is 5.58. The summed E-state index contributed by atoms with van der Waals surface area (Å²) < 4.78 is 14.3. The summed E-state index contributed by atoms with van der Waals surface area (Å²) in [7, 11) is 1.59. The maximum atomic E-state index is 11.3. The SMILES string of the molecule is CCC(CCOC(=O)OC(=O)c1ncc[nH]1)OC. The summed E-state index contributed by atoms with van der Waals surface area (Å²) in [5.74, 6) is -0.918. The highest BCUT2D eigenvalue weighted by molar-refractivity contribution is 5.92. The maximum Gasteiger partial charge on any atom is 0.516 e. The largest absolute Gasteiger partial charge is 0.516 e. The first-order chi connectivity index (χ1) is 8.67. The molecule has 100 valence electrons. The van der Waals surface area contributed by atoms with Crippen molar-refractivity contribution in [3.63, 3.8) is 0 Å². The predicted molar refractivity (Wildman–Crippen MR) is 61.1 cm³/mol. The van der Waals surface area contributed by atoms with Gasteiger partial charge in [-0.05, 0) is 6.42 Å². The van der Waals surface area contributed by atoms with Crippen LogP contribution in [-0.2, 0) is 14.2 Å². The summed E-state index contributed by atoms with van der Waals surface area (Å²) in [6.07, 6.45) is 3.19. The topological polar surface area (TPSA) is 90.5 Å². The number of rotatable bonds is 6. The van der Waals surface area contributed by atoms with Crippen molar-refractivity contribution in [3.05, 3.63) is 18.2 Å². The molecule has 1 unspecified atom stereocenters. The third-order valence-corrected chi connectivity index (χ3v) is 2.32. The molecule has 1 aromatic rings. The lowest BCUT2D eigenvalue weighted by Crippen LogP contribution is -2.18. The Morgan fingerprint density at radius 2 is 2.28 bits per heavy atom. The van der Waals surface area contributed by atoms with Gasteiger partial charge in [0.15, 0.2) is 0 Å². The molecule has 0 radical (unpaired) electrons. The molecule has 1 aromatic heterocycles. The van der Waals surface area contributed by atoms with Crippen LogP contribution in [0.5, 0.6) is 0 Å². The molecule has 0 saturated heterocycles. The van der Waals surface area contributed by atoms with E-state index in [1.807, 2.05) is 6.92 Å². The lowest BCUT2D eigenvalue weighted by Gasteiger charge is -2.12. The van der Waals surface area contributed by atoms with Crippen molar-refractivity contribution in [2.75, 3.05) is 13.7 Å². The van der Waals surface area contributed by atoms with E-state index in [-0.39, 0.29) is 18.5 Å². The molecule has 0 aliphatic carbocycles. The second-order valence-corrected chi connectivity index (χ2v) is 3.48. The highest BCUT2D eigenvalue weighted by Gasteiger charge is 2.16. The van der Waals surface area contributed by atoms with Crippen molar-refractivity contribution < 1.29 is 23.8 Å². The molecule has 0 saturated carbocycles. The van der Waals surface area contributed by atoms with Crippen LogP contribution in [-0.4, -0.2) is 41.9 Å². The maximum absolute atomic E-state index is 11.3. The van der Waals surface area contributed by atoms with Crippen molar-refractivity contribution in [1.29, 1.82) is 0 Å². The molecule has 0 fully saturated rings. The molecule has 0 amide bonds. The van der Waals surface area contributed by atoms with Gasteiger partial charge >= 0.3 is 12.1 Å². The number of hydrogen-bond donors (Lipinski definition) is 1. The molecule has 7 heteroatoms. The van der Waals surface area contributed by atoms with E-state index in [0.29, 0.717) is 6.42 Å². The molecule has 1 heterocycles. The van der Waals surface area contributed by atoms with Crippen molar-refractivity contribution in [2.45, 2.75) is 25.9 Å². The van der Waals surface area contributed by atoms with E-state index in [0.717, 1.165) is 6.42 Å². The molecule has 0 aliphatic rings. The molecule has 0 spiro atoms. The number of aromatic amines is 1. The van der Waals surface area contributed by atoms with Crippen molar-refractivity contribution in [1.82, 2.24) is 9.97 Å². The quantitative estimate of drug-likeness (QED) is 0.613. The normalized spacial score (nSPS) is 11.9. The summed E-state index contributed by atoms with van der Waals surface area (Å²) in [5.41, 5.74) is 0. The number of imidazole rings is 1. The van der Waals surface area contributed by atoms with Crippen LogP contribution in [0.2, 0.25) is 0 Å². The standard InChI is InChI=1S/C11H16N2O5/c1-3-8(16-2)4-7-17-11(15)18-10(14)9-12-5-6-13-9/h5-6,8H,3-4,7H2,1-2H3,(H,12,13). The molecule has 1 rings (SSSR count). The number of carbonyl (C=O) groups excluding carboxylic acids is 2. The third kappa shape index (κ3) is 4.54. The Hall–Kier alpha value is -1.89. The van der Waals surface area contributed by atoms with Gasteiger partial charge in [0.2, 0.25) is 5.82 Å². The van der Waals surface area contributed by atoms with E-state index >= 15 is 0 Å². The summed E-state index contributed by atoms with van der Waals surface area (Å²) in [5, 5.41) is 0. The Morgan fingerprint density at radius 1 is 1.50 bits per heavy atom. The lowest BCUT2D eigenvalue weighted by molar-refractivity contribution is 0.0271. The number of methoxy groups -OCH3 is 1. The van der Waals surface area contributed by atoms with E-state index in [1.54, 1.807) is 7.11 Å². The average molecular weight is 256 g/mol. The minimum absolute atomic E-state index is 0.0265. The van der Waals surface area contributed by atoms with Crippen LogP contribution in [0.15, 0.2) is 12.4 Å². The Bertz CT molecular complexity index is 373.